The molecule has 7 nitrogen and oxygen atoms in total. The van der Waals surface area contributed by atoms with Crippen LogP contribution in [0, 0.1) is 6.92 Å². The zero-order chi connectivity index (χ0) is 22.2. The van der Waals surface area contributed by atoms with Gasteiger partial charge in [0.25, 0.3) is 10.2 Å². The van der Waals surface area contributed by atoms with Crippen molar-refractivity contribution >= 4 is 10.2 Å². The third-order valence-corrected chi connectivity index (χ3v) is 7.93. The molecule has 2 aromatic rings. The van der Waals surface area contributed by atoms with E-state index in [-0.39, 0.29) is 18.2 Å². The number of pyridine rings is 1. The molecule has 0 aliphatic carbocycles. The van der Waals surface area contributed by atoms with Crippen LogP contribution in [0.1, 0.15) is 44.1 Å². The molecule has 3 atom stereocenters. The summed E-state index contributed by atoms with van der Waals surface area (Å²) in [6, 6.07) is 11.7. The van der Waals surface area contributed by atoms with E-state index in [1.165, 1.54) is 0 Å². The molecule has 2 aliphatic rings. The average Bonchev–Trinajstić information content (AvgIpc) is 3.24. The van der Waals surface area contributed by atoms with Crippen LogP contribution in [0.4, 0.5) is 0 Å². The molecule has 0 saturated carbocycles. The molecule has 8 heteroatoms. The van der Waals surface area contributed by atoms with Crippen molar-refractivity contribution in [3.63, 3.8) is 0 Å². The maximum atomic E-state index is 13.5. The molecule has 0 spiro atoms. The van der Waals surface area contributed by atoms with E-state index < -0.39 is 10.2 Å². The van der Waals surface area contributed by atoms with Gasteiger partial charge < -0.3 is 9.47 Å². The highest BCUT2D eigenvalue weighted by atomic mass is 32.2. The standard InChI is InChI=1S/C23H31N3O4S/c1-16-12-20(19-7-9-21(29-4)10-8-19)13-22(24-16)23-6-5-11-26(23)31(27,28)25-14-17(2)30-18(3)15-25/h7-10,12-13,17-18,23H,5-6,11,14-15H2,1-4H3. The molecule has 0 amide bonds. The van der Waals surface area contributed by atoms with Crippen molar-refractivity contribution in [1.82, 2.24) is 13.6 Å². The van der Waals surface area contributed by atoms with Crippen LogP contribution >= 0.6 is 0 Å². The lowest BCUT2D eigenvalue weighted by Crippen LogP contribution is -2.52. The fraction of sp³-hybridized carbons (Fsp3) is 0.522. The molecule has 1 aromatic heterocycles. The van der Waals surface area contributed by atoms with E-state index in [1.807, 2.05) is 57.2 Å². The quantitative estimate of drug-likeness (QED) is 0.704. The Kier molecular flexibility index (Phi) is 6.35. The van der Waals surface area contributed by atoms with Gasteiger partial charge in [0.1, 0.15) is 5.75 Å². The number of rotatable bonds is 5. The fourth-order valence-corrected chi connectivity index (χ4v) is 6.58. The zero-order valence-corrected chi connectivity index (χ0v) is 19.4. The highest BCUT2D eigenvalue weighted by Gasteiger charge is 2.42. The highest BCUT2D eigenvalue weighted by Crippen LogP contribution is 2.37. The number of hydrogen-bond acceptors (Lipinski definition) is 5. The Morgan fingerprint density at radius 3 is 2.39 bits per heavy atom. The normalized spacial score (nSPS) is 25.6. The Morgan fingerprint density at radius 2 is 1.74 bits per heavy atom. The van der Waals surface area contributed by atoms with Crippen LogP contribution in [-0.4, -0.2) is 61.0 Å². The Morgan fingerprint density at radius 1 is 1.06 bits per heavy atom. The maximum Gasteiger partial charge on any atom is 0.282 e. The number of ether oxygens (including phenoxy) is 2. The van der Waals surface area contributed by atoms with Crippen molar-refractivity contribution in [2.45, 2.75) is 51.9 Å². The van der Waals surface area contributed by atoms with Gasteiger partial charge in [-0.05, 0) is 69.0 Å². The summed E-state index contributed by atoms with van der Waals surface area (Å²) >= 11 is 0. The SMILES string of the molecule is COc1ccc(-c2cc(C)nc(C3CCCN3S(=O)(=O)N3CC(C)OC(C)C3)c2)cc1. The van der Waals surface area contributed by atoms with E-state index >= 15 is 0 Å². The largest absolute Gasteiger partial charge is 0.497 e. The Hall–Kier alpha value is -2.00. The first-order valence-electron chi connectivity index (χ1n) is 10.8. The second-order valence-corrected chi connectivity index (χ2v) is 10.4. The lowest BCUT2D eigenvalue weighted by atomic mass is 10.0. The van der Waals surface area contributed by atoms with E-state index in [9.17, 15) is 8.42 Å². The second-order valence-electron chi connectivity index (χ2n) is 8.50. The van der Waals surface area contributed by atoms with Gasteiger partial charge in [0.05, 0.1) is 31.1 Å². The van der Waals surface area contributed by atoms with Crippen molar-refractivity contribution in [2.24, 2.45) is 0 Å². The van der Waals surface area contributed by atoms with Crippen LogP contribution in [0.25, 0.3) is 11.1 Å². The maximum absolute atomic E-state index is 13.5. The second kappa shape index (κ2) is 8.86. The first-order chi connectivity index (χ1) is 14.8. The summed E-state index contributed by atoms with van der Waals surface area (Å²) in [4.78, 5) is 4.74. The van der Waals surface area contributed by atoms with Gasteiger partial charge in [-0.15, -0.1) is 0 Å². The minimum atomic E-state index is -3.59. The molecule has 4 rings (SSSR count). The van der Waals surface area contributed by atoms with Crippen LogP contribution in [0.5, 0.6) is 5.75 Å². The number of aromatic nitrogens is 1. The minimum Gasteiger partial charge on any atom is -0.497 e. The van der Waals surface area contributed by atoms with Crippen molar-refractivity contribution < 1.29 is 17.9 Å². The Bertz CT molecular complexity index is 1020. The molecule has 31 heavy (non-hydrogen) atoms. The molecule has 0 N–H and O–H groups in total. The molecule has 0 bridgehead atoms. The van der Waals surface area contributed by atoms with Crippen LogP contribution < -0.4 is 4.74 Å². The number of morpholine rings is 1. The summed E-state index contributed by atoms with van der Waals surface area (Å²) in [5.74, 6) is 0.803. The third-order valence-electron chi connectivity index (χ3n) is 5.95. The highest BCUT2D eigenvalue weighted by molar-refractivity contribution is 7.86. The lowest BCUT2D eigenvalue weighted by molar-refractivity contribution is -0.0455. The summed E-state index contributed by atoms with van der Waals surface area (Å²) in [7, 11) is -1.95. The smallest absolute Gasteiger partial charge is 0.282 e. The molecule has 0 radical (unpaired) electrons. The number of benzene rings is 1. The molecule has 3 unspecified atom stereocenters. The molecular weight excluding hydrogens is 414 g/mol. The molecule has 1 aromatic carbocycles. The van der Waals surface area contributed by atoms with Gasteiger partial charge >= 0.3 is 0 Å². The molecular formula is C23H31N3O4S. The van der Waals surface area contributed by atoms with Crippen molar-refractivity contribution in [3.05, 3.63) is 47.8 Å². The van der Waals surface area contributed by atoms with E-state index in [0.717, 1.165) is 41.1 Å². The topological polar surface area (TPSA) is 72.0 Å². The van der Waals surface area contributed by atoms with Crippen LogP contribution in [0.2, 0.25) is 0 Å². The van der Waals surface area contributed by atoms with E-state index in [2.05, 4.69) is 0 Å². The summed E-state index contributed by atoms with van der Waals surface area (Å²) in [6.07, 6.45) is 1.37. The van der Waals surface area contributed by atoms with E-state index in [0.29, 0.717) is 19.6 Å². The number of methoxy groups -OCH3 is 1. The minimum absolute atomic E-state index is 0.113. The number of aryl methyl sites for hydroxylation is 1. The monoisotopic (exact) mass is 445 g/mol. The van der Waals surface area contributed by atoms with Crippen molar-refractivity contribution in [3.8, 4) is 16.9 Å². The fourth-order valence-electron chi connectivity index (χ4n) is 4.59. The lowest BCUT2D eigenvalue weighted by Gasteiger charge is -2.37. The predicted molar refractivity (Wildman–Crippen MR) is 120 cm³/mol. The Balaban J connectivity index is 1.64. The van der Waals surface area contributed by atoms with Crippen molar-refractivity contribution in [1.29, 1.82) is 0 Å². The summed E-state index contributed by atoms with van der Waals surface area (Å²) in [5, 5.41) is 0. The number of hydrogen-bond donors (Lipinski definition) is 0. The molecule has 2 aliphatic heterocycles. The summed E-state index contributed by atoms with van der Waals surface area (Å²) < 4.78 is 41.3. The summed E-state index contributed by atoms with van der Waals surface area (Å²) in [5.41, 5.74) is 3.77. The first kappa shape index (κ1) is 22.2. The average molecular weight is 446 g/mol. The zero-order valence-electron chi connectivity index (χ0n) is 18.6. The van der Waals surface area contributed by atoms with Gasteiger partial charge in [-0.2, -0.15) is 17.0 Å². The van der Waals surface area contributed by atoms with Gasteiger partial charge in [-0.25, -0.2) is 0 Å². The van der Waals surface area contributed by atoms with Gasteiger partial charge in [0, 0.05) is 25.3 Å². The first-order valence-corrected chi connectivity index (χ1v) is 12.2. The molecule has 2 saturated heterocycles. The van der Waals surface area contributed by atoms with E-state index in [4.69, 9.17) is 14.5 Å². The van der Waals surface area contributed by atoms with Gasteiger partial charge in [0.15, 0.2) is 0 Å². The van der Waals surface area contributed by atoms with Gasteiger partial charge in [-0.3, -0.25) is 4.98 Å². The molecule has 3 heterocycles. The third kappa shape index (κ3) is 4.62. The van der Waals surface area contributed by atoms with Crippen LogP contribution in [0.15, 0.2) is 36.4 Å². The van der Waals surface area contributed by atoms with Crippen LogP contribution in [-0.2, 0) is 14.9 Å². The molecule has 168 valence electrons. The molecule has 2 fully saturated rings. The Labute approximate surface area is 185 Å². The summed E-state index contributed by atoms with van der Waals surface area (Å²) in [6.45, 7) is 7.07. The number of nitrogens with zero attached hydrogens (tertiary/aromatic N) is 3. The van der Waals surface area contributed by atoms with Crippen molar-refractivity contribution in [2.75, 3.05) is 26.7 Å². The van der Waals surface area contributed by atoms with E-state index in [1.54, 1.807) is 15.7 Å². The van der Waals surface area contributed by atoms with Gasteiger partial charge in [0.2, 0.25) is 0 Å². The van der Waals surface area contributed by atoms with Crippen LogP contribution in [0.3, 0.4) is 0 Å². The van der Waals surface area contributed by atoms with Gasteiger partial charge in [-0.1, -0.05) is 12.1 Å². The predicted octanol–water partition coefficient (Wildman–Crippen LogP) is 3.56.